The van der Waals surface area contributed by atoms with Crippen molar-refractivity contribution in [2.24, 2.45) is 0 Å². The van der Waals surface area contributed by atoms with Gasteiger partial charge in [0.1, 0.15) is 0 Å². The van der Waals surface area contributed by atoms with E-state index in [0.29, 0.717) is 16.6 Å². The van der Waals surface area contributed by atoms with E-state index in [1.165, 1.54) is 0 Å². The Morgan fingerprint density at radius 3 is 3.14 bits per heavy atom. The lowest BCUT2D eigenvalue weighted by Gasteiger charge is -2.03. The maximum absolute atomic E-state index is 11.5. The van der Waals surface area contributed by atoms with Crippen molar-refractivity contribution in [3.8, 4) is 0 Å². The number of halogens is 1. The van der Waals surface area contributed by atoms with Crippen LogP contribution in [0.25, 0.3) is 0 Å². The third-order valence-electron chi connectivity index (χ3n) is 1.63. The Balaban J connectivity index is 2.65. The van der Waals surface area contributed by atoms with E-state index in [4.69, 9.17) is 0 Å². The maximum atomic E-state index is 11.5. The average molecular weight is 255 g/mol. The molecule has 0 fully saturated rings. The van der Waals surface area contributed by atoms with Crippen LogP contribution in [0, 0.1) is 0 Å². The highest BCUT2D eigenvalue weighted by molar-refractivity contribution is 9.10. The third-order valence-corrected chi connectivity index (χ3v) is 2.27. The predicted octanol–water partition coefficient (Wildman–Crippen LogP) is 2.15. The summed E-state index contributed by atoms with van der Waals surface area (Å²) in [4.78, 5) is 15.4. The first-order valence-electron chi connectivity index (χ1n) is 4.24. The largest absolute Gasteiger partial charge is 0.349 e. The summed E-state index contributed by atoms with van der Waals surface area (Å²) in [7, 11) is 0. The minimum Gasteiger partial charge on any atom is -0.349 e. The summed E-state index contributed by atoms with van der Waals surface area (Å²) < 4.78 is 0.706. The number of hydrogen-bond acceptors (Lipinski definition) is 2. The van der Waals surface area contributed by atoms with Crippen LogP contribution in [-0.4, -0.2) is 17.4 Å². The van der Waals surface area contributed by atoms with E-state index in [-0.39, 0.29) is 5.91 Å². The van der Waals surface area contributed by atoms with E-state index < -0.39 is 0 Å². The van der Waals surface area contributed by atoms with Crippen molar-refractivity contribution >= 4 is 21.8 Å². The standard InChI is InChI=1S/C10H11BrN2O/c1-2-3-5-13-10(14)8-4-6-12-7-9(8)11/h2-4,6-7H,5H2,1H3,(H,13,14)/b3-2+. The third kappa shape index (κ3) is 2.96. The molecule has 0 aliphatic rings. The second kappa shape index (κ2) is 5.54. The molecule has 1 rings (SSSR count). The zero-order valence-electron chi connectivity index (χ0n) is 7.83. The van der Waals surface area contributed by atoms with Crippen molar-refractivity contribution in [1.29, 1.82) is 0 Å². The second-order valence-electron chi connectivity index (χ2n) is 2.63. The molecule has 0 bridgehead atoms. The molecule has 1 aromatic heterocycles. The highest BCUT2D eigenvalue weighted by atomic mass is 79.9. The Labute approximate surface area is 91.4 Å². The number of pyridine rings is 1. The van der Waals surface area contributed by atoms with Crippen LogP contribution in [0.2, 0.25) is 0 Å². The molecule has 0 unspecified atom stereocenters. The van der Waals surface area contributed by atoms with Crippen molar-refractivity contribution in [3.63, 3.8) is 0 Å². The van der Waals surface area contributed by atoms with Crippen molar-refractivity contribution < 1.29 is 4.79 Å². The molecule has 4 heteroatoms. The summed E-state index contributed by atoms with van der Waals surface area (Å²) in [6.07, 6.45) is 6.97. The first-order chi connectivity index (χ1) is 6.75. The number of rotatable bonds is 3. The van der Waals surface area contributed by atoms with Gasteiger partial charge in [-0.1, -0.05) is 12.2 Å². The van der Waals surface area contributed by atoms with Gasteiger partial charge in [-0.15, -0.1) is 0 Å². The van der Waals surface area contributed by atoms with E-state index >= 15 is 0 Å². The molecule has 0 aromatic carbocycles. The van der Waals surface area contributed by atoms with Crippen LogP contribution in [0.4, 0.5) is 0 Å². The summed E-state index contributed by atoms with van der Waals surface area (Å²) in [6, 6.07) is 1.68. The summed E-state index contributed by atoms with van der Waals surface area (Å²) in [5.74, 6) is -0.0997. The molecule has 14 heavy (non-hydrogen) atoms. The normalized spacial score (nSPS) is 10.4. The van der Waals surface area contributed by atoms with Gasteiger partial charge in [0.15, 0.2) is 0 Å². The quantitative estimate of drug-likeness (QED) is 0.841. The molecule has 0 atom stereocenters. The number of carbonyl (C=O) groups is 1. The average Bonchev–Trinajstić information content (AvgIpc) is 2.18. The first kappa shape index (κ1) is 10.9. The lowest BCUT2D eigenvalue weighted by atomic mass is 10.2. The highest BCUT2D eigenvalue weighted by Crippen LogP contribution is 2.13. The van der Waals surface area contributed by atoms with Crippen molar-refractivity contribution in [1.82, 2.24) is 10.3 Å². The Bertz CT molecular complexity index is 350. The van der Waals surface area contributed by atoms with Gasteiger partial charge in [-0.25, -0.2) is 0 Å². The number of carbonyl (C=O) groups excluding carboxylic acids is 1. The molecule has 0 spiro atoms. The van der Waals surface area contributed by atoms with E-state index in [9.17, 15) is 4.79 Å². The Morgan fingerprint density at radius 1 is 1.71 bits per heavy atom. The first-order valence-corrected chi connectivity index (χ1v) is 5.04. The molecule has 0 radical (unpaired) electrons. The van der Waals surface area contributed by atoms with Crippen LogP contribution in [0.1, 0.15) is 17.3 Å². The van der Waals surface area contributed by atoms with Crippen LogP contribution in [-0.2, 0) is 0 Å². The summed E-state index contributed by atoms with van der Waals surface area (Å²) >= 11 is 3.26. The number of nitrogens with zero attached hydrogens (tertiary/aromatic N) is 1. The molecule has 1 aromatic rings. The molecule has 0 saturated carbocycles. The van der Waals surface area contributed by atoms with Gasteiger partial charge < -0.3 is 5.32 Å². The van der Waals surface area contributed by atoms with Gasteiger partial charge in [0, 0.05) is 23.4 Å². The topological polar surface area (TPSA) is 42.0 Å². The van der Waals surface area contributed by atoms with Gasteiger partial charge in [0.05, 0.1) is 5.56 Å². The fourth-order valence-corrected chi connectivity index (χ4v) is 1.35. The van der Waals surface area contributed by atoms with E-state index in [1.54, 1.807) is 18.5 Å². The lowest BCUT2D eigenvalue weighted by molar-refractivity contribution is 0.0957. The van der Waals surface area contributed by atoms with E-state index in [2.05, 4.69) is 26.2 Å². The minimum atomic E-state index is -0.0997. The van der Waals surface area contributed by atoms with Gasteiger partial charge in [0.2, 0.25) is 0 Å². The molecule has 74 valence electrons. The Kier molecular flexibility index (Phi) is 4.32. The van der Waals surface area contributed by atoms with Gasteiger partial charge in [-0.2, -0.15) is 0 Å². The molecule has 0 aliphatic carbocycles. The molecule has 1 amide bonds. The smallest absolute Gasteiger partial charge is 0.252 e. The van der Waals surface area contributed by atoms with Crippen LogP contribution >= 0.6 is 15.9 Å². The monoisotopic (exact) mass is 254 g/mol. The van der Waals surface area contributed by atoms with Crippen LogP contribution in [0.15, 0.2) is 35.1 Å². The number of aromatic nitrogens is 1. The molecular formula is C10H11BrN2O. The SMILES string of the molecule is C/C=C/CNC(=O)c1ccncc1Br. The van der Waals surface area contributed by atoms with Gasteiger partial charge in [-0.3, -0.25) is 9.78 Å². The molecule has 1 N–H and O–H groups in total. The van der Waals surface area contributed by atoms with Gasteiger partial charge in [-0.05, 0) is 28.9 Å². The predicted molar refractivity (Wildman–Crippen MR) is 59.1 cm³/mol. The van der Waals surface area contributed by atoms with Gasteiger partial charge in [0.25, 0.3) is 5.91 Å². The number of hydrogen-bond donors (Lipinski definition) is 1. The second-order valence-corrected chi connectivity index (χ2v) is 3.49. The summed E-state index contributed by atoms with van der Waals surface area (Å²) in [5.41, 5.74) is 0.601. The summed E-state index contributed by atoms with van der Waals surface area (Å²) in [5, 5.41) is 2.76. The molecular weight excluding hydrogens is 244 g/mol. The molecule has 1 heterocycles. The van der Waals surface area contributed by atoms with Crippen molar-refractivity contribution in [3.05, 3.63) is 40.6 Å². The number of allylic oxidation sites excluding steroid dienone is 1. The van der Waals surface area contributed by atoms with Crippen LogP contribution in [0.5, 0.6) is 0 Å². The van der Waals surface area contributed by atoms with E-state index in [1.807, 2.05) is 19.1 Å². The molecule has 0 saturated heterocycles. The zero-order valence-corrected chi connectivity index (χ0v) is 9.41. The lowest BCUT2D eigenvalue weighted by Crippen LogP contribution is -2.23. The molecule has 0 aliphatic heterocycles. The Morgan fingerprint density at radius 2 is 2.50 bits per heavy atom. The van der Waals surface area contributed by atoms with Crippen molar-refractivity contribution in [2.45, 2.75) is 6.92 Å². The van der Waals surface area contributed by atoms with Crippen LogP contribution in [0.3, 0.4) is 0 Å². The highest BCUT2D eigenvalue weighted by Gasteiger charge is 2.07. The van der Waals surface area contributed by atoms with Gasteiger partial charge >= 0.3 is 0 Å². The number of nitrogens with one attached hydrogen (secondary N) is 1. The minimum absolute atomic E-state index is 0.0997. The molecule has 3 nitrogen and oxygen atoms in total. The summed E-state index contributed by atoms with van der Waals surface area (Å²) in [6.45, 7) is 2.46. The number of amides is 1. The Hall–Kier alpha value is -1.16. The maximum Gasteiger partial charge on any atom is 0.252 e. The van der Waals surface area contributed by atoms with E-state index in [0.717, 1.165) is 0 Å². The fourth-order valence-electron chi connectivity index (χ4n) is 0.924. The zero-order chi connectivity index (χ0) is 10.4. The van der Waals surface area contributed by atoms with Crippen LogP contribution < -0.4 is 5.32 Å². The van der Waals surface area contributed by atoms with Crippen molar-refractivity contribution in [2.75, 3.05) is 6.54 Å². The fraction of sp³-hybridized carbons (Fsp3) is 0.200.